The summed E-state index contributed by atoms with van der Waals surface area (Å²) in [6.45, 7) is 3.96. The molecule has 36 heavy (non-hydrogen) atoms. The van der Waals surface area contributed by atoms with Crippen molar-refractivity contribution in [2.45, 2.75) is 44.2 Å². The Hall–Kier alpha value is -2.43. The Balaban J connectivity index is 1.62. The average Bonchev–Trinajstić information content (AvgIpc) is 2.89. The van der Waals surface area contributed by atoms with Gasteiger partial charge in [-0.2, -0.15) is 0 Å². The first-order valence-corrected chi connectivity index (χ1v) is 13.0. The molecule has 3 unspecified atom stereocenters. The molecule has 1 aromatic rings. The van der Waals surface area contributed by atoms with Crippen LogP contribution in [-0.2, 0) is 14.2 Å². The molecular formula is C26H41FN4O5. The van der Waals surface area contributed by atoms with Gasteiger partial charge in [0.25, 0.3) is 0 Å². The van der Waals surface area contributed by atoms with Crippen LogP contribution in [0.25, 0.3) is 0 Å². The number of ether oxygens (including phenoxy) is 3. The molecule has 1 aromatic carbocycles. The van der Waals surface area contributed by atoms with E-state index in [4.69, 9.17) is 9.47 Å². The Morgan fingerprint density at radius 3 is 2.86 bits per heavy atom. The van der Waals surface area contributed by atoms with Crippen molar-refractivity contribution in [3.05, 3.63) is 35.6 Å². The van der Waals surface area contributed by atoms with Crippen LogP contribution in [0.1, 0.15) is 43.8 Å². The molecule has 0 bridgehead atoms. The van der Waals surface area contributed by atoms with E-state index in [0.717, 1.165) is 50.9 Å². The fraction of sp³-hybridized carbons (Fsp3) is 0.692. The summed E-state index contributed by atoms with van der Waals surface area (Å²) in [5.41, 5.74) is 0.727. The second kappa shape index (κ2) is 15.0. The lowest BCUT2D eigenvalue weighted by atomic mass is 9.88. The van der Waals surface area contributed by atoms with Crippen molar-refractivity contribution in [2.75, 3.05) is 60.2 Å². The Morgan fingerprint density at radius 2 is 2.14 bits per heavy atom. The second-order valence-electron chi connectivity index (χ2n) is 9.64. The number of urea groups is 1. The van der Waals surface area contributed by atoms with E-state index in [1.54, 1.807) is 6.07 Å². The summed E-state index contributed by atoms with van der Waals surface area (Å²) >= 11 is 0. The number of nitrogens with one attached hydrogen (secondary N) is 3. The standard InChI is InChI=1S/C26H41FN4O5/c1-28-16-23(14-19-6-5-12-35-18-19)30-25(32)31-11-4-8-21(17-31)24(20-7-3-9-22(27)15-20)36-13-10-29-26(33)34-2/h3,7,9,15,19,21,23-24,28H,4-6,8,10-14,16-18H2,1-2H3,(H,29,33)(H,30,32)/t19?,21?,23?,24-/m0/s1. The van der Waals surface area contributed by atoms with Gasteiger partial charge in [0.15, 0.2) is 0 Å². The number of benzene rings is 1. The van der Waals surface area contributed by atoms with Crippen molar-refractivity contribution >= 4 is 12.1 Å². The maximum absolute atomic E-state index is 14.0. The quantitative estimate of drug-likeness (QED) is 0.397. The van der Waals surface area contributed by atoms with Gasteiger partial charge in [-0.15, -0.1) is 0 Å². The van der Waals surface area contributed by atoms with Crippen molar-refractivity contribution in [1.82, 2.24) is 20.9 Å². The van der Waals surface area contributed by atoms with Gasteiger partial charge in [0.05, 0.1) is 19.8 Å². The summed E-state index contributed by atoms with van der Waals surface area (Å²) in [4.78, 5) is 26.4. The van der Waals surface area contributed by atoms with Gasteiger partial charge in [0.1, 0.15) is 5.82 Å². The smallest absolute Gasteiger partial charge is 0.406 e. The van der Waals surface area contributed by atoms with Crippen LogP contribution in [-0.4, -0.2) is 83.2 Å². The van der Waals surface area contributed by atoms with Gasteiger partial charge in [-0.1, -0.05) is 12.1 Å². The van der Waals surface area contributed by atoms with Crippen LogP contribution < -0.4 is 16.0 Å². The number of likely N-dealkylation sites (N-methyl/N-ethyl adjacent to an activating group) is 1. The Kier molecular flexibility index (Phi) is 11.7. The van der Waals surface area contributed by atoms with Crippen molar-refractivity contribution in [3.63, 3.8) is 0 Å². The molecule has 0 aliphatic carbocycles. The van der Waals surface area contributed by atoms with E-state index in [0.29, 0.717) is 25.6 Å². The largest absolute Gasteiger partial charge is 0.453 e. The predicted octanol–water partition coefficient (Wildman–Crippen LogP) is 3.07. The summed E-state index contributed by atoms with van der Waals surface area (Å²) in [5.74, 6) is 0.121. The topological polar surface area (TPSA) is 101 Å². The molecule has 4 atom stereocenters. The number of hydrogen-bond donors (Lipinski definition) is 3. The molecule has 3 amide bonds. The molecule has 3 rings (SSSR count). The minimum Gasteiger partial charge on any atom is -0.453 e. The molecular weight excluding hydrogens is 467 g/mol. The van der Waals surface area contributed by atoms with Crippen molar-refractivity contribution in [1.29, 1.82) is 0 Å². The Morgan fingerprint density at radius 1 is 1.28 bits per heavy atom. The van der Waals surface area contributed by atoms with E-state index in [-0.39, 0.29) is 37.0 Å². The molecule has 0 aromatic heterocycles. The third-order valence-electron chi connectivity index (χ3n) is 6.86. The summed E-state index contributed by atoms with van der Waals surface area (Å²) in [7, 11) is 3.20. The lowest BCUT2D eigenvalue weighted by Crippen LogP contribution is -2.52. The maximum atomic E-state index is 14.0. The van der Waals surface area contributed by atoms with E-state index in [9.17, 15) is 14.0 Å². The monoisotopic (exact) mass is 508 g/mol. The minimum atomic E-state index is -0.530. The van der Waals surface area contributed by atoms with E-state index >= 15 is 0 Å². The van der Waals surface area contributed by atoms with Gasteiger partial charge < -0.3 is 35.1 Å². The van der Waals surface area contributed by atoms with Crippen LogP contribution >= 0.6 is 0 Å². The zero-order valence-corrected chi connectivity index (χ0v) is 21.5. The molecule has 2 aliphatic heterocycles. The molecule has 3 N–H and O–H groups in total. The van der Waals surface area contributed by atoms with Gasteiger partial charge in [-0.05, 0) is 62.8 Å². The first-order chi connectivity index (χ1) is 17.5. The molecule has 2 heterocycles. The number of amides is 3. The molecule has 0 spiro atoms. The van der Waals surface area contributed by atoms with Crippen LogP contribution in [0.4, 0.5) is 14.0 Å². The third kappa shape index (κ3) is 8.90. The first-order valence-electron chi connectivity index (χ1n) is 13.0. The molecule has 2 aliphatic rings. The molecule has 202 valence electrons. The van der Waals surface area contributed by atoms with Gasteiger partial charge in [-0.25, -0.2) is 14.0 Å². The highest BCUT2D eigenvalue weighted by atomic mass is 19.1. The van der Waals surface area contributed by atoms with Crippen LogP contribution in [0.15, 0.2) is 24.3 Å². The highest BCUT2D eigenvalue weighted by Crippen LogP contribution is 2.33. The molecule has 0 saturated carbocycles. The number of piperidine rings is 1. The fourth-order valence-corrected chi connectivity index (χ4v) is 5.14. The van der Waals surface area contributed by atoms with Gasteiger partial charge >= 0.3 is 12.1 Å². The fourth-order valence-electron chi connectivity index (χ4n) is 5.14. The second-order valence-corrected chi connectivity index (χ2v) is 9.64. The highest BCUT2D eigenvalue weighted by molar-refractivity contribution is 5.74. The predicted molar refractivity (Wildman–Crippen MR) is 134 cm³/mol. The van der Waals surface area contributed by atoms with E-state index in [1.807, 2.05) is 18.0 Å². The number of rotatable bonds is 11. The summed E-state index contributed by atoms with van der Waals surface area (Å²) < 4.78 is 30.4. The zero-order valence-electron chi connectivity index (χ0n) is 21.5. The van der Waals surface area contributed by atoms with Gasteiger partial charge in [0.2, 0.25) is 0 Å². The lowest BCUT2D eigenvalue weighted by Gasteiger charge is -2.38. The number of carbonyl (C=O) groups excluding carboxylic acids is 2. The summed E-state index contributed by atoms with van der Waals surface area (Å²) in [6.07, 6.45) is 3.83. The number of likely N-dealkylation sites (tertiary alicyclic amines) is 1. The molecule has 2 fully saturated rings. The molecule has 0 radical (unpaired) electrons. The third-order valence-corrected chi connectivity index (χ3v) is 6.86. The van der Waals surface area contributed by atoms with Crippen molar-refractivity contribution in [3.8, 4) is 0 Å². The summed E-state index contributed by atoms with van der Waals surface area (Å²) in [6, 6.07) is 6.33. The van der Waals surface area contributed by atoms with Crippen LogP contribution in [0.2, 0.25) is 0 Å². The molecule has 2 saturated heterocycles. The van der Waals surface area contributed by atoms with E-state index in [1.165, 1.54) is 19.2 Å². The first kappa shape index (κ1) is 28.1. The molecule has 10 heteroatoms. The number of carbonyl (C=O) groups is 2. The SMILES string of the molecule is CNCC(CC1CCCOC1)NC(=O)N1CCCC([C@@H](OCCNC(=O)OC)c2cccc(F)c2)C1. The highest BCUT2D eigenvalue weighted by Gasteiger charge is 2.32. The van der Waals surface area contributed by atoms with Gasteiger partial charge in [0, 0.05) is 51.4 Å². The zero-order chi connectivity index (χ0) is 25.8. The van der Waals surface area contributed by atoms with Crippen molar-refractivity contribution < 1.29 is 28.2 Å². The average molecular weight is 509 g/mol. The number of nitrogens with zero attached hydrogens (tertiary/aromatic N) is 1. The Labute approximate surface area is 213 Å². The molecule has 9 nitrogen and oxygen atoms in total. The number of methoxy groups -OCH3 is 1. The minimum absolute atomic E-state index is 0.000999. The maximum Gasteiger partial charge on any atom is 0.406 e. The normalized spacial score (nSPS) is 21.9. The van der Waals surface area contributed by atoms with Crippen LogP contribution in [0.5, 0.6) is 0 Å². The Bertz CT molecular complexity index is 823. The van der Waals surface area contributed by atoms with Gasteiger partial charge in [-0.3, -0.25) is 0 Å². The van der Waals surface area contributed by atoms with Crippen LogP contribution in [0.3, 0.4) is 0 Å². The number of halogens is 1. The van der Waals surface area contributed by atoms with E-state index < -0.39 is 12.2 Å². The van der Waals surface area contributed by atoms with Crippen LogP contribution in [0, 0.1) is 17.7 Å². The van der Waals surface area contributed by atoms with Crippen molar-refractivity contribution in [2.24, 2.45) is 11.8 Å². The van der Waals surface area contributed by atoms with E-state index in [2.05, 4.69) is 20.7 Å². The lowest BCUT2D eigenvalue weighted by molar-refractivity contribution is -0.00889. The number of alkyl carbamates (subject to hydrolysis) is 1. The summed E-state index contributed by atoms with van der Waals surface area (Å²) in [5, 5.41) is 9.01. The number of hydrogen-bond acceptors (Lipinski definition) is 6.